The first kappa shape index (κ1) is 20.1. The number of amides is 1. The Morgan fingerprint density at radius 2 is 1.69 bits per heavy atom. The zero-order valence-electron chi connectivity index (χ0n) is 16.4. The normalized spacial score (nSPS) is 10.3. The molecule has 0 fully saturated rings. The molecule has 148 valence electrons. The van der Waals surface area contributed by atoms with E-state index in [9.17, 15) is 9.59 Å². The second kappa shape index (κ2) is 9.50. The Kier molecular flexibility index (Phi) is 6.58. The lowest BCUT2D eigenvalue weighted by atomic mass is 10.1. The number of Topliss-reactive ketones (excluding diaryl/α,β-unsaturated/α-hetero) is 1. The number of methoxy groups -OCH3 is 1. The van der Waals surface area contributed by atoms with Crippen molar-refractivity contribution in [3.63, 3.8) is 0 Å². The number of para-hydroxylation sites is 1. The fourth-order valence-corrected chi connectivity index (χ4v) is 2.87. The molecule has 0 bridgehead atoms. The second-order valence-corrected chi connectivity index (χ2v) is 6.51. The number of carbonyl (C=O) groups is 2. The van der Waals surface area contributed by atoms with Crippen LogP contribution in [0.2, 0.25) is 0 Å². The molecule has 3 rings (SSSR count). The van der Waals surface area contributed by atoms with E-state index in [0.717, 1.165) is 30.0 Å². The molecule has 0 atom stereocenters. The molecule has 3 aromatic rings. The maximum atomic E-state index is 12.3. The van der Waals surface area contributed by atoms with Crippen LogP contribution in [0.1, 0.15) is 33.3 Å². The third kappa shape index (κ3) is 5.42. The number of benzene rings is 2. The SMILES string of the molecule is COc1ccccc1CCNc1ccc(C(=O)Nc2ccc(C(C)=O)cc2)nc1. The number of nitrogens with zero attached hydrogens (tertiary/aromatic N) is 1. The Morgan fingerprint density at radius 1 is 0.966 bits per heavy atom. The van der Waals surface area contributed by atoms with Crippen LogP contribution >= 0.6 is 0 Å². The van der Waals surface area contributed by atoms with E-state index >= 15 is 0 Å². The fraction of sp³-hybridized carbons (Fsp3) is 0.174. The number of pyridine rings is 1. The summed E-state index contributed by atoms with van der Waals surface area (Å²) in [6.45, 7) is 2.22. The van der Waals surface area contributed by atoms with Crippen molar-refractivity contribution in [2.75, 3.05) is 24.3 Å². The van der Waals surface area contributed by atoms with E-state index in [2.05, 4.69) is 15.6 Å². The lowest BCUT2D eigenvalue weighted by Gasteiger charge is -2.10. The monoisotopic (exact) mass is 389 g/mol. The molecule has 1 aromatic heterocycles. The van der Waals surface area contributed by atoms with Gasteiger partial charge in [-0.05, 0) is 61.4 Å². The largest absolute Gasteiger partial charge is 0.496 e. The number of ketones is 1. The minimum Gasteiger partial charge on any atom is -0.496 e. The van der Waals surface area contributed by atoms with Gasteiger partial charge < -0.3 is 15.4 Å². The predicted octanol–water partition coefficient (Wildman–Crippen LogP) is 4.20. The summed E-state index contributed by atoms with van der Waals surface area (Å²) in [5.74, 6) is 0.551. The van der Waals surface area contributed by atoms with E-state index in [1.807, 2.05) is 30.3 Å². The molecule has 2 N–H and O–H groups in total. The van der Waals surface area contributed by atoms with Gasteiger partial charge in [0.05, 0.1) is 19.0 Å². The van der Waals surface area contributed by atoms with Gasteiger partial charge in [0, 0.05) is 17.8 Å². The van der Waals surface area contributed by atoms with Gasteiger partial charge in [-0.1, -0.05) is 18.2 Å². The van der Waals surface area contributed by atoms with Gasteiger partial charge in [0.1, 0.15) is 11.4 Å². The molecular weight excluding hydrogens is 366 g/mol. The first-order chi connectivity index (χ1) is 14.1. The molecule has 6 heteroatoms. The number of hydrogen-bond donors (Lipinski definition) is 2. The van der Waals surface area contributed by atoms with E-state index in [1.54, 1.807) is 43.6 Å². The first-order valence-corrected chi connectivity index (χ1v) is 9.31. The maximum Gasteiger partial charge on any atom is 0.274 e. The van der Waals surface area contributed by atoms with Crippen molar-refractivity contribution in [1.29, 1.82) is 0 Å². The highest BCUT2D eigenvalue weighted by molar-refractivity contribution is 6.03. The van der Waals surface area contributed by atoms with Crippen LogP contribution in [0.4, 0.5) is 11.4 Å². The molecule has 1 amide bonds. The quantitative estimate of drug-likeness (QED) is 0.565. The molecule has 1 heterocycles. The van der Waals surface area contributed by atoms with Gasteiger partial charge in [0.15, 0.2) is 5.78 Å². The highest BCUT2D eigenvalue weighted by atomic mass is 16.5. The van der Waals surface area contributed by atoms with Crippen LogP contribution in [-0.4, -0.2) is 30.3 Å². The van der Waals surface area contributed by atoms with E-state index in [-0.39, 0.29) is 11.7 Å². The van der Waals surface area contributed by atoms with Gasteiger partial charge >= 0.3 is 0 Å². The summed E-state index contributed by atoms with van der Waals surface area (Å²) in [4.78, 5) is 27.9. The number of hydrogen-bond acceptors (Lipinski definition) is 5. The van der Waals surface area contributed by atoms with Crippen molar-refractivity contribution in [1.82, 2.24) is 4.98 Å². The van der Waals surface area contributed by atoms with Crippen LogP contribution in [0.5, 0.6) is 5.75 Å². The van der Waals surface area contributed by atoms with Gasteiger partial charge in [0.2, 0.25) is 0 Å². The molecule has 0 radical (unpaired) electrons. The number of rotatable bonds is 8. The Morgan fingerprint density at radius 3 is 2.34 bits per heavy atom. The minimum atomic E-state index is -0.304. The predicted molar refractivity (Wildman–Crippen MR) is 114 cm³/mol. The summed E-state index contributed by atoms with van der Waals surface area (Å²) in [5, 5.41) is 6.07. The Bertz CT molecular complexity index is 983. The molecule has 6 nitrogen and oxygen atoms in total. The summed E-state index contributed by atoms with van der Waals surface area (Å²) >= 11 is 0. The number of aromatic nitrogens is 1. The summed E-state index contributed by atoms with van der Waals surface area (Å²) < 4.78 is 5.36. The number of anilines is 2. The van der Waals surface area contributed by atoms with Crippen molar-refractivity contribution in [3.8, 4) is 5.75 Å². The molecule has 0 saturated carbocycles. The third-order valence-corrected chi connectivity index (χ3v) is 4.46. The maximum absolute atomic E-state index is 12.3. The zero-order chi connectivity index (χ0) is 20.6. The van der Waals surface area contributed by atoms with Crippen LogP contribution < -0.4 is 15.4 Å². The average Bonchev–Trinajstić information content (AvgIpc) is 2.75. The van der Waals surface area contributed by atoms with E-state index < -0.39 is 0 Å². The summed E-state index contributed by atoms with van der Waals surface area (Å²) in [6, 6.07) is 18.2. The molecule has 0 unspecified atom stereocenters. The van der Waals surface area contributed by atoms with Crippen molar-refractivity contribution < 1.29 is 14.3 Å². The standard InChI is InChI=1S/C23H23N3O3/c1-16(27)17-7-9-19(10-8-17)26-23(28)21-12-11-20(15-25-21)24-14-13-18-5-3-4-6-22(18)29-2/h3-12,15,24H,13-14H2,1-2H3,(H,26,28). The summed E-state index contributed by atoms with van der Waals surface area (Å²) in [5.41, 5.74) is 3.49. The van der Waals surface area contributed by atoms with Gasteiger partial charge in [-0.2, -0.15) is 0 Å². The number of nitrogens with one attached hydrogen (secondary N) is 2. The lowest BCUT2D eigenvalue weighted by Crippen LogP contribution is -2.14. The summed E-state index contributed by atoms with van der Waals surface area (Å²) in [6.07, 6.45) is 2.44. The molecule has 0 aliphatic rings. The van der Waals surface area contributed by atoms with Crippen LogP contribution in [0.3, 0.4) is 0 Å². The minimum absolute atomic E-state index is 0.0154. The Balaban J connectivity index is 1.53. The average molecular weight is 389 g/mol. The third-order valence-electron chi connectivity index (χ3n) is 4.46. The fourth-order valence-electron chi connectivity index (χ4n) is 2.87. The molecule has 0 saturated heterocycles. The van der Waals surface area contributed by atoms with Crippen molar-refractivity contribution in [2.45, 2.75) is 13.3 Å². The van der Waals surface area contributed by atoms with Gasteiger partial charge in [-0.3, -0.25) is 9.59 Å². The first-order valence-electron chi connectivity index (χ1n) is 9.31. The van der Waals surface area contributed by atoms with E-state index in [1.165, 1.54) is 6.92 Å². The van der Waals surface area contributed by atoms with Crippen molar-refractivity contribution in [2.24, 2.45) is 0 Å². The van der Waals surface area contributed by atoms with Crippen LogP contribution in [-0.2, 0) is 6.42 Å². The van der Waals surface area contributed by atoms with Gasteiger partial charge in [-0.25, -0.2) is 4.98 Å². The van der Waals surface area contributed by atoms with Crippen LogP contribution in [0.25, 0.3) is 0 Å². The molecule has 0 aliphatic carbocycles. The van der Waals surface area contributed by atoms with Crippen LogP contribution in [0, 0.1) is 0 Å². The van der Waals surface area contributed by atoms with Crippen molar-refractivity contribution in [3.05, 3.63) is 83.7 Å². The topological polar surface area (TPSA) is 80.3 Å². The highest BCUT2D eigenvalue weighted by Crippen LogP contribution is 2.18. The molecule has 29 heavy (non-hydrogen) atoms. The van der Waals surface area contributed by atoms with Crippen LogP contribution in [0.15, 0.2) is 66.9 Å². The Labute approximate surface area is 169 Å². The van der Waals surface area contributed by atoms with Gasteiger partial charge in [-0.15, -0.1) is 0 Å². The molecule has 0 spiro atoms. The smallest absolute Gasteiger partial charge is 0.274 e. The molecule has 0 aliphatic heterocycles. The lowest BCUT2D eigenvalue weighted by molar-refractivity contribution is 0.101. The van der Waals surface area contributed by atoms with Gasteiger partial charge in [0.25, 0.3) is 5.91 Å². The molecular formula is C23H23N3O3. The van der Waals surface area contributed by atoms with Crippen molar-refractivity contribution >= 4 is 23.1 Å². The Hall–Kier alpha value is -3.67. The van der Waals surface area contributed by atoms with E-state index in [4.69, 9.17) is 4.74 Å². The summed E-state index contributed by atoms with van der Waals surface area (Å²) in [7, 11) is 1.66. The number of ether oxygens (including phenoxy) is 1. The molecule has 2 aromatic carbocycles. The second-order valence-electron chi connectivity index (χ2n) is 6.51. The zero-order valence-corrected chi connectivity index (χ0v) is 16.4. The highest BCUT2D eigenvalue weighted by Gasteiger charge is 2.08. The number of carbonyl (C=O) groups excluding carboxylic acids is 2. The van der Waals surface area contributed by atoms with E-state index in [0.29, 0.717) is 16.9 Å².